The Hall–Kier alpha value is -1.97. The minimum atomic E-state index is 0.737. The Morgan fingerprint density at radius 1 is 1.06 bits per heavy atom. The molecule has 4 nitrogen and oxygen atoms in total. The first-order valence-corrected chi connectivity index (χ1v) is 5.55. The fourth-order valence-electron chi connectivity index (χ4n) is 1.81. The zero-order valence-electron chi connectivity index (χ0n) is 10.4. The molecule has 1 aromatic carbocycles. The Labute approximate surface area is 101 Å². The fourth-order valence-corrected chi connectivity index (χ4v) is 1.81. The van der Waals surface area contributed by atoms with Crippen molar-refractivity contribution < 1.29 is 4.52 Å². The van der Waals surface area contributed by atoms with Crippen molar-refractivity contribution in [2.45, 2.75) is 6.54 Å². The molecular weight excluding hydrogens is 214 g/mol. The van der Waals surface area contributed by atoms with Gasteiger partial charge in [-0.15, -0.1) is 0 Å². The van der Waals surface area contributed by atoms with Crippen LogP contribution in [0.25, 0.3) is 0 Å². The number of anilines is 2. The maximum absolute atomic E-state index is 4.84. The second-order valence-corrected chi connectivity index (χ2v) is 4.23. The lowest BCUT2D eigenvalue weighted by Gasteiger charge is -2.24. The van der Waals surface area contributed by atoms with Gasteiger partial charge in [0.15, 0.2) is 0 Å². The maximum Gasteiger partial charge on any atom is 0.124 e. The zero-order valence-corrected chi connectivity index (χ0v) is 10.4. The summed E-state index contributed by atoms with van der Waals surface area (Å²) in [6.45, 7) is 0.737. The second kappa shape index (κ2) is 4.91. The number of nitrogens with zero attached hydrogens (tertiary/aromatic N) is 3. The summed E-state index contributed by atoms with van der Waals surface area (Å²) < 4.78 is 4.84. The van der Waals surface area contributed by atoms with Crippen LogP contribution < -0.4 is 9.80 Å². The van der Waals surface area contributed by atoms with Gasteiger partial charge in [0.25, 0.3) is 0 Å². The Morgan fingerprint density at radius 2 is 1.76 bits per heavy atom. The van der Waals surface area contributed by atoms with E-state index in [1.807, 2.05) is 32.3 Å². The van der Waals surface area contributed by atoms with Gasteiger partial charge in [-0.3, -0.25) is 0 Å². The number of benzene rings is 1. The number of aromatic nitrogens is 1. The van der Waals surface area contributed by atoms with E-state index in [1.165, 1.54) is 11.4 Å². The summed E-state index contributed by atoms with van der Waals surface area (Å²) in [5.41, 5.74) is 3.31. The van der Waals surface area contributed by atoms with Crippen molar-refractivity contribution in [1.82, 2.24) is 5.16 Å². The van der Waals surface area contributed by atoms with E-state index in [4.69, 9.17) is 4.52 Å². The van der Waals surface area contributed by atoms with Gasteiger partial charge in [-0.2, -0.15) is 0 Å². The maximum atomic E-state index is 4.84. The molecule has 0 unspecified atom stereocenters. The van der Waals surface area contributed by atoms with Gasteiger partial charge < -0.3 is 14.3 Å². The van der Waals surface area contributed by atoms with E-state index >= 15 is 0 Å². The monoisotopic (exact) mass is 231 g/mol. The van der Waals surface area contributed by atoms with Gasteiger partial charge in [-0.25, -0.2) is 0 Å². The van der Waals surface area contributed by atoms with Crippen LogP contribution in [0, 0.1) is 0 Å². The van der Waals surface area contributed by atoms with Crippen LogP contribution in [0.4, 0.5) is 11.4 Å². The molecule has 1 heterocycles. The summed E-state index contributed by atoms with van der Waals surface area (Å²) >= 11 is 0. The molecule has 0 fully saturated rings. The summed E-state index contributed by atoms with van der Waals surface area (Å²) in [7, 11) is 6.14. The largest absolute Gasteiger partial charge is 0.376 e. The van der Waals surface area contributed by atoms with Gasteiger partial charge in [0, 0.05) is 27.2 Å². The van der Waals surface area contributed by atoms with Crippen molar-refractivity contribution in [1.29, 1.82) is 0 Å². The molecule has 0 saturated carbocycles. The molecule has 0 aliphatic carbocycles. The highest BCUT2D eigenvalue weighted by molar-refractivity contribution is 5.70. The van der Waals surface area contributed by atoms with Crippen LogP contribution in [-0.2, 0) is 6.54 Å². The fraction of sp³-hybridized carbons (Fsp3) is 0.308. The van der Waals surface area contributed by atoms with Crippen molar-refractivity contribution in [2.75, 3.05) is 30.9 Å². The first-order chi connectivity index (χ1) is 8.18. The molecule has 0 saturated heterocycles. The highest BCUT2D eigenvalue weighted by Gasteiger charge is 2.09. The third-order valence-corrected chi connectivity index (χ3v) is 2.67. The molecule has 17 heavy (non-hydrogen) atoms. The van der Waals surface area contributed by atoms with E-state index in [-0.39, 0.29) is 0 Å². The van der Waals surface area contributed by atoms with E-state index in [0.29, 0.717) is 0 Å². The van der Waals surface area contributed by atoms with Gasteiger partial charge in [0.05, 0.1) is 17.9 Å². The van der Waals surface area contributed by atoms with Crippen LogP contribution in [0.1, 0.15) is 5.69 Å². The molecule has 1 aromatic heterocycles. The standard InChI is InChI=1S/C13H17N3O/c1-15(2)12-6-4-5-7-13(12)16(3)10-11-8-9-17-14-11/h4-9H,10H2,1-3H3. The number of rotatable bonds is 4. The minimum absolute atomic E-state index is 0.737. The van der Waals surface area contributed by atoms with Crippen LogP contribution in [-0.4, -0.2) is 26.3 Å². The molecule has 0 atom stereocenters. The van der Waals surface area contributed by atoms with Crippen LogP contribution >= 0.6 is 0 Å². The molecule has 0 radical (unpaired) electrons. The normalized spacial score (nSPS) is 10.3. The van der Waals surface area contributed by atoms with Crippen LogP contribution in [0.5, 0.6) is 0 Å². The highest BCUT2D eigenvalue weighted by atomic mass is 16.5. The van der Waals surface area contributed by atoms with Gasteiger partial charge >= 0.3 is 0 Å². The molecule has 90 valence electrons. The van der Waals surface area contributed by atoms with Crippen LogP contribution in [0.2, 0.25) is 0 Å². The Bertz CT molecular complexity index is 465. The lowest BCUT2D eigenvalue weighted by Crippen LogP contribution is -2.20. The average molecular weight is 231 g/mol. The van der Waals surface area contributed by atoms with E-state index < -0.39 is 0 Å². The molecule has 0 N–H and O–H groups in total. The molecular formula is C13H17N3O. The van der Waals surface area contributed by atoms with Crippen molar-refractivity contribution in [3.8, 4) is 0 Å². The van der Waals surface area contributed by atoms with Crippen molar-refractivity contribution in [2.24, 2.45) is 0 Å². The summed E-state index contributed by atoms with van der Waals surface area (Å²) in [4.78, 5) is 4.27. The first kappa shape index (κ1) is 11.5. The predicted molar refractivity (Wildman–Crippen MR) is 69.4 cm³/mol. The molecule has 0 bridgehead atoms. The van der Waals surface area contributed by atoms with Crippen LogP contribution in [0.3, 0.4) is 0 Å². The third kappa shape index (κ3) is 2.58. The molecule has 0 spiro atoms. The number of hydrogen-bond donors (Lipinski definition) is 0. The molecule has 0 amide bonds. The van der Waals surface area contributed by atoms with Crippen molar-refractivity contribution in [3.05, 3.63) is 42.3 Å². The average Bonchev–Trinajstić information content (AvgIpc) is 2.81. The smallest absolute Gasteiger partial charge is 0.124 e. The third-order valence-electron chi connectivity index (χ3n) is 2.67. The summed E-state index contributed by atoms with van der Waals surface area (Å²) in [6, 6.07) is 10.2. The second-order valence-electron chi connectivity index (χ2n) is 4.23. The zero-order chi connectivity index (χ0) is 12.3. The summed E-state index contributed by atoms with van der Waals surface area (Å²) in [5, 5.41) is 3.93. The Morgan fingerprint density at radius 3 is 2.35 bits per heavy atom. The van der Waals surface area contributed by atoms with Gasteiger partial charge in [-0.1, -0.05) is 17.3 Å². The minimum Gasteiger partial charge on any atom is -0.376 e. The summed E-state index contributed by atoms with van der Waals surface area (Å²) in [6.07, 6.45) is 1.60. The predicted octanol–water partition coefficient (Wildman–Crippen LogP) is 2.38. The number of hydrogen-bond acceptors (Lipinski definition) is 4. The quantitative estimate of drug-likeness (QED) is 0.808. The van der Waals surface area contributed by atoms with Crippen molar-refractivity contribution in [3.63, 3.8) is 0 Å². The van der Waals surface area contributed by atoms with Crippen molar-refractivity contribution >= 4 is 11.4 Å². The van der Waals surface area contributed by atoms with Gasteiger partial charge in [0.1, 0.15) is 12.0 Å². The molecule has 2 rings (SSSR count). The van der Waals surface area contributed by atoms with Gasteiger partial charge in [-0.05, 0) is 12.1 Å². The number of para-hydroxylation sites is 2. The molecule has 0 aliphatic heterocycles. The van der Waals surface area contributed by atoms with E-state index in [0.717, 1.165) is 12.2 Å². The lowest BCUT2D eigenvalue weighted by molar-refractivity contribution is 0.411. The van der Waals surface area contributed by atoms with Crippen LogP contribution in [0.15, 0.2) is 41.1 Å². The first-order valence-electron chi connectivity index (χ1n) is 5.55. The Balaban J connectivity index is 2.21. The molecule has 0 aliphatic rings. The molecule has 2 aromatic rings. The highest BCUT2D eigenvalue weighted by Crippen LogP contribution is 2.27. The SMILES string of the molecule is CN(C)c1ccccc1N(C)Cc1ccon1. The van der Waals surface area contributed by atoms with E-state index in [2.05, 4.69) is 34.1 Å². The lowest BCUT2D eigenvalue weighted by atomic mass is 10.2. The Kier molecular flexibility index (Phi) is 3.32. The van der Waals surface area contributed by atoms with E-state index in [9.17, 15) is 0 Å². The topological polar surface area (TPSA) is 32.5 Å². The van der Waals surface area contributed by atoms with E-state index in [1.54, 1.807) is 6.26 Å². The van der Waals surface area contributed by atoms with Gasteiger partial charge in [0.2, 0.25) is 0 Å². The summed E-state index contributed by atoms with van der Waals surface area (Å²) in [5.74, 6) is 0. The molecule has 4 heteroatoms.